The molecule has 104 valence electrons. The quantitative estimate of drug-likeness (QED) is 0.522. The summed E-state index contributed by atoms with van der Waals surface area (Å²) in [4.78, 5) is 13.8. The zero-order valence-electron chi connectivity index (χ0n) is 9.94. The van der Waals surface area contributed by atoms with Crippen LogP contribution < -0.4 is 5.32 Å². The minimum Gasteiger partial charge on any atom is -0.377 e. The van der Waals surface area contributed by atoms with Crippen molar-refractivity contribution in [2.75, 3.05) is 5.32 Å². The summed E-state index contributed by atoms with van der Waals surface area (Å²) in [5.74, 6) is -2.11. The van der Waals surface area contributed by atoms with Crippen molar-refractivity contribution >= 4 is 27.3 Å². The molecule has 8 heteroatoms. The first-order chi connectivity index (χ1) is 9.47. The maximum Gasteiger partial charge on any atom is 0.307 e. The number of nitrogens with zero attached hydrogens (tertiary/aromatic N) is 2. The van der Waals surface area contributed by atoms with E-state index in [1.807, 2.05) is 0 Å². The summed E-state index contributed by atoms with van der Waals surface area (Å²) in [6, 6.07) is 6.48. The number of hydrogen-bond acceptors (Lipinski definition) is 4. The first-order valence-electron chi connectivity index (χ1n) is 5.46. The Morgan fingerprint density at radius 1 is 1.30 bits per heavy atom. The Balaban J connectivity index is 2.21. The van der Waals surface area contributed by atoms with Crippen molar-refractivity contribution in [2.24, 2.45) is 0 Å². The summed E-state index contributed by atoms with van der Waals surface area (Å²) in [6.07, 6.45) is 0. The maximum absolute atomic E-state index is 13.5. The summed E-state index contributed by atoms with van der Waals surface area (Å²) in [5.41, 5.74) is -0.332. The maximum atomic E-state index is 13.5. The van der Waals surface area contributed by atoms with E-state index in [0.29, 0.717) is 16.4 Å². The van der Waals surface area contributed by atoms with Gasteiger partial charge in [-0.05, 0) is 28.1 Å². The summed E-state index contributed by atoms with van der Waals surface area (Å²) >= 11 is 3.19. The number of nitro benzene ring substituents is 1. The smallest absolute Gasteiger partial charge is 0.307 e. The molecule has 2 rings (SSSR count). The van der Waals surface area contributed by atoms with Crippen LogP contribution in [-0.2, 0) is 6.54 Å². The third kappa shape index (κ3) is 3.27. The van der Waals surface area contributed by atoms with Gasteiger partial charge in [-0.15, -0.1) is 0 Å². The summed E-state index contributed by atoms with van der Waals surface area (Å²) in [7, 11) is 0. The molecular formula is C12H8BrF2N3O2. The monoisotopic (exact) mass is 343 g/mol. The lowest BCUT2D eigenvalue weighted by Crippen LogP contribution is -2.05. The van der Waals surface area contributed by atoms with Crippen molar-refractivity contribution < 1.29 is 13.7 Å². The molecular weight excluding hydrogens is 336 g/mol. The highest BCUT2D eigenvalue weighted by Gasteiger charge is 2.18. The fourth-order valence-electron chi connectivity index (χ4n) is 1.55. The van der Waals surface area contributed by atoms with Crippen LogP contribution in [0.2, 0.25) is 0 Å². The van der Waals surface area contributed by atoms with Gasteiger partial charge in [0.1, 0.15) is 10.4 Å². The minimum atomic E-state index is -1.21. The standard InChI is InChI=1S/C12H8BrF2N3O2/c13-12-3-1-2-7(17-12)6-16-10-5-11(18(19)20)9(15)4-8(10)14/h1-5,16H,6H2. The van der Waals surface area contributed by atoms with Gasteiger partial charge in [0.15, 0.2) is 0 Å². The van der Waals surface area contributed by atoms with Crippen molar-refractivity contribution in [1.82, 2.24) is 4.98 Å². The van der Waals surface area contributed by atoms with Gasteiger partial charge >= 0.3 is 5.69 Å². The van der Waals surface area contributed by atoms with E-state index >= 15 is 0 Å². The molecule has 1 heterocycles. The van der Waals surface area contributed by atoms with Crippen LogP contribution >= 0.6 is 15.9 Å². The first-order valence-corrected chi connectivity index (χ1v) is 6.25. The molecule has 0 aliphatic rings. The van der Waals surface area contributed by atoms with E-state index in [9.17, 15) is 18.9 Å². The second kappa shape index (κ2) is 5.91. The van der Waals surface area contributed by atoms with Crippen molar-refractivity contribution in [3.8, 4) is 0 Å². The van der Waals surface area contributed by atoms with Crippen molar-refractivity contribution in [3.63, 3.8) is 0 Å². The molecule has 0 amide bonds. The van der Waals surface area contributed by atoms with E-state index in [0.717, 1.165) is 6.07 Å². The number of halogens is 3. The lowest BCUT2D eigenvalue weighted by atomic mass is 10.2. The average Bonchev–Trinajstić information content (AvgIpc) is 2.37. The zero-order valence-corrected chi connectivity index (χ0v) is 11.5. The van der Waals surface area contributed by atoms with Crippen molar-refractivity contribution in [1.29, 1.82) is 0 Å². The van der Waals surface area contributed by atoms with Crippen LogP contribution in [0.15, 0.2) is 34.9 Å². The molecule has 0 unspecified atom stereocenters. The molecule has 0 saturated heterocycles. The van der Waals surface area contributed by atoms with E-state index < -0.39 is 22.2 Å². The van der Waals surface area contributed by atoms with Crippen LogP contribution in [0.3, 0.4) is 0 Å². The summed E-state index contributed by atoms with van der Waals surface area (Å²) in [6.45, 7) is 0.152. The Morgan fingerprint density at radius 3 is 2.70 bits per heavy atom. The van der Waals surface area contributed by atoms with Gasteiger partial charge in [0, 0.05) is 12.1 Å². The second-order valence-electron chi connectivity index (χ2n) is 3.85. The van der Waals surface area contributed by atoms with Crippen LogP contribution in [-0.4, -0.2) is 9.91 Å². The van der Waals surface area contributed by atoms with Gasteiger partial charge < -0.3 is 5.32 Å². The molecule has 1 aromatic heterocycles. The topological polar surface area (TPSA) is 68.1 Å². The van der Waals surface area contributed by atoms with Gasteiger partial charge in [-0.25, -0.2) is 9.37 Å². The Morgan fingerprint density at radius 2 is 2.05 bits per heavy atom. The molecule has 1 N–H and O–H groups in total. The first kappa shape index (κ1) is 14.3. The van der Waals surface area contributed by atoms with E-state index in [-0.39, 0.29) is 12.2 Å². The van der Waals surface area contributed by atoms with Crippen LogP contribution in [0.25, 0.3) is 0 Å². The summed E-state index contributed by atoms with van der Waals surface area (Å²) in [5, 5.41) is 13.3. The largest absolute Gasteiger partial charge is 0.377 e. The molecule has 0 spiro atoms. The highest BCUT2D eigenvalue weighted by atomic mass is 79.9. The van der Waals surface area contributed by atoms with Crippen molar-refractivity contribution in [3.05, 3.63) is 62.4 Å². The molecule has 0 atom stereocenters. The number of aromatic nitrogens is 1. The minimum absolute atomic E-state index is 0.152. The lowest BCUT2D eigenvalue weighted by Gasteiger charge is -2.07. The summed E-state index contributed by atoms with van der Waals surface area (Å²) < 4.78 is 27.3. The highest BCUT2D eigenvalue weighted by Crippen LogP contribution is 2.25. The number of nitro groups is 1. The van der Waals surface area contributed by atoms with E-state index in [1.165, 1.54) is 0 Å². The third-order valence-electron chi connectivity index (χ3n) is 2.47. The molecule has 0 radical (unpaired) electrons. The molecule has 0 fully saturated rings. The van der Waals surface area contributed by atoms with Crippen LogP contribution in [0, 0.1) is 21.7 Å². The van der Waals surface area contributed by atoms with Gasteiger partial charge in [0.05, 0.1) is 22.8 Å². The van der Waals surface area contributed by atoms with Gasteiger partial charge in [-0.2, -0.15) is 4.39 Å². The Bertz CT molecular complexity index is 667. The molecule has 0 aliphatic carbocycles. The average molecular weight is 344 g/mol. The fraction of sp³-hybridized carbons (Fsp3) is 0.0833. The Hall–Kier alpha value is -2.09. The SMILES string of the molecule is O=[N+]([O-])c1cc(NCc2cccc(Br)n2)c(F)cc1F. The number of rotatable bonds is 4. The molecule has 2 aromatic rings. The van der Waals surface area contributed by atoms with E-state index in [1.54, 1.807) is 18.2 Å². The van der Waals surface area contributed by atoms with Crippen LogP contribution in [0.1, 0.15) is 5.69 Å². The second-order valence-corrected chi connectivity index (χ2v) is 4.66. The Labute approximate surface area is 120 Å². The Kier molecular flexibility index (Phi) is 4.23. The van der Waals surface area contributed by atoms with Gasteiger partial charge in [-0.3, -0.25) is 10.1 Å². The van der Waals surface area contributed by atoms with Gasteiger partial charge in [-0.1, -0.05) is 6.07 Å². The van der Waals surface area contributed by atoms with Crippen LogP contribution in [0.4, 0.5) is 20.2 Å². The number of benzene rings is 1. The molecule has 0 aliphatic heterocycles. The number of anilines is 1. The number of pyridine rings is 1. The lowest BCUT2D eigenvalue weighted by molar-refractivity contribution is -0.387. The highest BCUT2D eigenvalue weighted by molar-refractivity contribution is 9.10. The number of hydrogen-bond donors (Lipinski definition) is 1. The zero-order chi connectivity index (χ0) is 14.7. The van der Waals surface area contributed by atoms with Gasteiger partial charge in [0.25, 0.3) is 0 Å². The fourth-order valence-corrected chi connectivity index (χ4v) is 1.93. The normalized spacial score (nSPS) is 10.3. The molecule has 1 aromatic carbocycles. The van der Waals surface area contributed by atoms with Gasteiger partial charge in [0.2, 0.25) is 5.82 Å². The molecule has 20 heavy (non-hydrogen) atoms. The van der Waals surface area contributed by atoms with Crippen molar-refractivity contribution in [2.45, 2.75) is 6.54 Å². The molecule has 0 bridgehead atoms. The molecule has 5 nitrogen and oxygen atoms in total. The number of nitrogens with one attached hydrogen (secondary N) is 1. The van der Waals surface area contributed by atoms with Crippen LogP contribution in [0.5, 0.6) is 0 Å². The molecule has 0 saturated carbocycles. The predicted molar refractivity (Wildman–Crippen MR) is 72.3 cm³/mol. The predicted octanol–water partition coefficient (Wildman–Crippen LogP) is 3.64. The third-order valence-corrected chi connectivity index (χ3v) is 2.91. The van der Waals surface area contributed by atoms with E-state index in [2.05, 4.69) is 26.2 Å². The van der Waals surface area contributed by atoms with E-state index in [4.69, 9.17) is 0 Å².